The molecule has 1 fully saturated rings. The zero-order valence-corrected chi connectivity index (χ0v) is 10.8. The highest BCUT2D eigenvalue weighted by atomic mass is 16.3. The molecular weight excluding hydrogens is 214 g/mol. The predicted octanol–water partition coefficient (Wildman–Crippen LogP) is 2.25. The van der Waals surface area contributed by atoms with Gasteiger partial charge in [-0.1, -0.05) is 32.6 Å². The van der Waals surface area contributed by atoms with E-state index in [4.69, 9.17) is 5.73 Å². The van der Waals surface area contributed by atoms with E-state index in [1.807, 2.05) is 7.05 Å². The van der Waals surface area contributed by atoms with E-state index in [2.05, 4.69) is 12.0 Å². The first-order valence-electron chi connectivity index (χ1n) is 6.60. The normalized spacial score (nSPS) is 27.0. The topological polar surface area (TPSA) is 64.1 Å². The van der Waals surface area contributed by atoms with Crippen molar-refractivity contribution in [3.8, 4) is 0 Å². The number of aliphatic hydroxyl groups is 1. The van der Waals surface area contributed by atoms with Gasteiger partial charge >= 0.3 is 0 Å². The molecule has 1 saturated carbocycles. The van der Waals surface area contributed by atoms with Gasteiger partial charge in [0.1, 0.15) is 5.82 Å². The van der Waals surface area contributed by atoms with E-state index < -0.39 is 6.10 Å². The maximum absolute atomic E-state index is 10.5. The fraction of sp³-hybridized carbons (Fsp3) is 0.769. The van der Waals surface area contributed by atoms with Crippen LogP contribution in [0.15, 0.2) is 6.20 Å². The summed E-state index contributed by atoms with van der Waals surface area (Å²) in [6.07, 6.45) is 7.26. The van der Waals surface area contributed by atoms with E-state index in [-0.39, 0.29) is 0 Å². The highest BCUT2D eigenvalue weighted by Gasteiger charge is 2.32. The lowest BCUT2D eigenvalue weighted by Crippen LogP contribution is -2.25. The summed E-state index contributed by atoms with van der Waals surface area (Å²) in [5, 5.41) is 14.6. The van der Waals surface area contributed by atoms with Gasteiger partial charge in [0, 0.05) is 12.6 Å². The van der Waals surface area contributed by atoms with Gasteiger partial charge in [-0.25, -0.2) is 0 Å². The summed E-state index contributed by atoms with van der Waals surface area (Å²) in [5.41, 5.74) is 6.74. The molecule has 0 radical (unpaired) electrons. The maximum Gasteiger partial charge on any atom is 0.127 e. The molecule has 96 valence electrons. The number of nitrogen functional groups attached to an aromatic ring is 1. The number of hydrogen-bond donors (Lipinski definition) is 2. The molecule has 17 heavy (non-hydrogen) atoms. The maximum atomic E-state index is 10.5. The quantitative estimate of drug-likeness (QED) is 0.847. The second kappa shape index (κ2) is 5.08. The van der Waals surface area contributed by atoms with Gasteiger partial charge in [0.05, 0.1) is 12.3 Å². The molecule has 3 N–H and O–H groups in total. The lowest BCUT2D eigenvalue weighted by atomic mass is 9.74. The van der Waals surface area contributed by atoms with Crippen LogP contribution in [0.4, 0.5) is 5.82 Å². The Balaban J connectivity index is 2.18. The van der Waals surface area contributed by atoms with E-state index in [9.17, 15) is 5.11 Å². The number of anilines is 1. The number of aliphatic hydroxyl groups excluding tert-OH is 1. The van der Waals surface area contributed by atoms with Gasteiger partial charge in [0.25, 0.3) is 0 Å². The standard InChI is InChI=1S/C13H23N3O/c1-3-9-6-4-5-7-10(9)12(17)11-8-15-16(2)13(11)14/h8-10,12,17H,3-7,14H2,1-2H3. The summed E-state index contributed by atoms with van der Waals surface area (Å²) in [4.78, 5) is 0. The minimum atomic E-state index is -0.450. The third kappa shape index (κ3) is 2.32. The fourth-order valence-electron chi connectivity index (χ4n) is 3.08. The third-order valence-corrected chi connectivity index (χ3v) is 4.23. The highest BCUT2D eigenvalue weighted by molar-refractivity contribution is 5.40. The fourth-order valence-corrected chi connectivity index (χ4v) is 3.08. The first-order valence-corrected chi connectivity index (χ1v) is 6.60. The van der Waals surface area contributed by atoms with E-state index in [1.54, 1.807) is 10.9 Å². The van der Waals surface area contributed by atoms with Gasteiger partial charge in [-0.2, -0.15) is 5.10 Å². The molecule has 2 rings (SSSR count). The lowest BCUT2D eigenvalue weighted by Gasteiger charge is -2.34. The summed E-state index contributed by atoms with van der Waals surface area (Å²) in [5.74, 6) is 1.57. The number of aryl methyl sites for hydroxylation is 1. The smallest absolute Gasteiger partial charge is 0.127 e. The van der Waals surface area contributed by atoms with Crippen molar-refractivity contribution in [1.82, 2.24) is 9.78 Å². The molecule has 0 bridgehead atoms. The summed E-state index contributed by atoms with van der Waals surface area (Å²) < 4.78 is 1.63. The Kier molecular flexibility index (Phi) is 3.72. The van der Waals surface area contributed by atoms with Crippen LogP contribution in [0.1, 0.15) is 50.7 Å². The minimum Gasteiger partial charge on any atom is -0.388 e. The van der Waals surface area contributed by atoms with Crippen molar-refractivity contribution in [2.24, 2.45) is 18.9 Å². The summed E-state index contributed by atoms with van der Waals surface area (Å²) in [6.45, 7) is 2.21. The van der Waals surface area contributed by atoms with Crippen molar-refractivity contribution in [3.05, 3.63) is 11.8 Å². The summed E-state index contributed by atoms with van der Waals surface area (Å²) in [7, 11) is 1.81. The third-order valence-electron chi connectivity index (χ3n) is 4.23. The first-order chi connectivity index (χ1) is 8.15. The predicted molar refractivity (Wildman–Crippen MR) is 68.3 cm³/mol. The highest BCUT2D eigenvalue weighted by Crippen LogP contribution is 2.41. The minimum absolute atomic E-state index is 0.347. The SMILES string of the molecule is CCC1CCCCC1C(O)c1cnn(C)c1N. The van der Waals surface area contributed by atoms with E-state index in [1.165, 1.54) is 19.3 Å². The van der Waals surface area contributed by atoms with Gasteiger partial charge in [0.15, 0.2) is 0 Å². The monoisotopic (exact) mass is 237 g/mol. The Morgan fingerprint density at radius 3 is 2.82 bits per heavy atom. The molecule has 1 aliphatic rings. The van der Waals surface area contributed by atoms with Crippen LogP contribution < -0.4 is 5.73 Å². The number of rotatable bonds is 3. The Morgan fingerprint density at radius 2 is 2.24 bits per heavy atom. The number of hydrogen-bond acceptors (Lipinski definition) is 3. The second-order valence-electron chi connectivity index (χ2n) is 5.17. The van der Waals surface area contributed by atoms with Crippen LogP contribution in [-0.4, -0.2) is 14.9 Å². The Labute approximate surface area is 103 Å². The largest absolute Gasteiger partial charge is 0.388 e. The van der Waals surface area contributed by atoms with Crippen LogP contribution in [0.2, 0.25) is 0 Å². The van der Waals surface area contributed by atoms with Crippen LogP contribution in [0.25, 0.3) is 0 Å². The zero-order chi connectivity index (χ0) is 12.4. The Morgan fingerprint density at radius 1 is 1.53 bits per heavy atom. The van der Waals surface area contributed by atoms with Crippen molar-refractivity contribution >= 4 is 5.82 Å². The first kappa shape index (κ1) is 12.4. The molecule has 0 aliphatic heterocycles. The molecule has 1 aromatic rings. The molecule has 4 heteroatoms. The average Bonchev–Trinajstić information content (AvgIpc) is 2.69. The van der Waals surface area contributed by atoms with Gasteiger partial charge in [-0.3, -0.25) is 4.68 Å². The van der Waals surface area contributed by atoms with Crippen LogP contribution >= 0.6 is 0 Å². The summed E-state index contributed by atoms with van der Waals surface area (Å²) in [6, 6.07) is 0. The summed E-state index contributed by atoms with van der Waals surface area (Å²) >= 11 is 0. The molecule has 1 aliphatic carbocycles. The van der Waals surface area contributed by atoms with Gasteiger partial charge in [-0.05, 0) is 18.3 Å². The van der Waals surface area contributed by atoms with Crippen LogP contribution in [0.5, 0.6) is 0 Å². The molecule has 3 atom stereocenters. The van der Waals surface area contributed by atoms with Crippen molar-refractivity contribution in [2.45, 2.75) is 45.1 Å². The van der Waals surface area contributed by atoms with Gasteiger partial charge in [0.2, 0.25) is 0 Å². The van der Waals surface area contributed by atoms with E-state index in [0.29, 0.717) is 17.7 Å². The van der Waals surface area contributed by atoms with Gasteiger partial charge in [-0.15, -0.1) is 0 Å². The van der Waals surface area contributed by atoms with Crippen LogP contribution in [-0.2, 0) is 7.05 Å². The lowest BCUT2D eigenvalue weighted by molar-refractivity contribution is 0.0457. The molecule has 0 saturated heterocycles. The average molecular weight is 237 g/mol. The van der Waals surface area contributed by atoms with Crippen molar-refractivity contribution in [3.63, 3.8) is 0 Å². The number of aromatic nitrogens is 2. The van der Waals surface area contributed by atoms with E-state index in [0.717, 1.165) is 18.4 Å². The Hall–Kier alpha value is -1.03. The van der Waals surface area contributed by atoms with Crippen LogP contribution in [0.3, 0.4) is 0 Å². The molecule has 1 heterocycles. The second-order valence-corrected chi connectivity index (χ2v) is 5.17. The molecule has 0 aromatic carbocycles. The number of nitrogens with two attached hydrogens (primary N) is 1. The molecule has 0 amide bonds. The van der Waals surface area contributed by atoms with Crippen molar-refractivity contribution in [1.29, 1.82) is 0 Å². The number of nitrogens with zero attached hydrogens (tertiary/aromatic N) is 2. The van der Waals surface area contributed by atoms with Gasteiger partial charge < -0.3 is 10.8 Å². The Bertz CT molecular complexity index is 375. The van der Waals surface area contributed by atoms with Crippen LogP contribution in [0, 0.1) is 11.8 Å². The molecule has 3 unspecified atom stereocenters. The van der Waals surface area contributed by atoms with E-state index >= 15 is 0 Å². The van der Waals surface area contributed by atoms with Crippen molar-refractivity contribution < 1.29 is 5.11 Å². The molecule has 1 aromatic heterocycles. The molecular formula is C13H23N3O. The molecule has 4 nitrogen and oxygen atoms in total. The zero-order valence-electron chi connectivity index (χ0n) is 10.8. The van der Waals surface area contributed by atoms with Crippen molar-refractivity contribution in [2.75, 3.05) is 5.73 Å². The molecule has 0 spiro atoms.